The van der Waals surface area contributed by atoms with Crippen LogP contribution in [0.3, 0.4) is 0 Å². The number of amides is 1. The van der Waals surface area contributed by atoms with Crippen LogP contribution < -0.4 is 5.32 Å². The monoisotopic (exact) mass is 515 g/mol. The number of aromatic nitrogens is 1. The Balaban J connectivity index is 1.46. The van der Waals surface area contributed by atoms with E-state index in [9.17, 15) is 4.79 Å². The molecule has 2 heterocycles. The number of nitrogens with one attached hydrogen (secondary N) is 1. The average Bonchev–Trinajstić information content (AvgIpc) is 3.32. The average molecular weight is 516 g/mol. The Morgan fingerprint density at radius 1 is 1.03 bits per heavy atom. The van der Waals surface area contributed by atoms with E-state index in [1.54, 1.807) is 0 Å². The first kappa shape index (κ1) is 21.7. The van der Waals surface area contributed by atoms with Gasteiger partial charge in [-0.25, -0.2) is 4.99 Å². The maximum atomic E-state index is 12.7. The molecule has 3 aromatic carbocycles. The number of hydrogen-bond donors (Lipinski definition) is 1. The number of carbonyl (C=O) groups excluding carboxylic acids is 1. The van der Waals surface area contributed by atoms with Crippen LogP contribution in [0, 0.1) is 13.8 Å². The van der Waals surface area contributed by atoms with E-state index in [4.69, 9.17) is 0 Å². The second-order valence-electron chi connectivity index (χ2n) is 8.11. The van der Waals surface area contributed by atoms with Gasteiger partial charge in [-0.05, 0) is 78.7 Å². The molecule has 1 aromatic heterocycles. The number of carbonyl (C=O) groups is 1. The van der Waals surface area contributed by atoms with Gasteiger partial charge in [-0.2, -0.15) is 0 Å². The topological polar surface area (TPSA) is 46.4 Å². The van der Waals surface area contributed by atoms with Crippen LogP contribution in [-0.4, -0.2) is 15.6 Å². The van der Waals surface area contributed by atoms with Crippen molar-refractivity contribution < 1.29 is 4.79 Å². The van der Waals surface area contributed by atoms with E-state index in [2.05, 4.69) is 87.2 Å². The van der Waals surface area contributed by atoms with Gasteiger partial charge in [-0.15, -0.1) is 0 Å². The molecule has 4 nitrogen and oxygen atoms in total. The van der Waals surface area contributed by atoms with Crippen molar-refractivity contribution >= 4 is 61.4 Å². The third kappa shape index (κ3) is 4.68. The number of aryl methyl sites for hydroxylation is 2. The lowest BCUT2D eigenvalue weighted by Crippen LogP contribution is -2.19. The zero-order chi connectivity index (χ0) is 22.9. The Labute approximate surface area is 205 Å². The maximum Gasteiger partial charge on any atom is 0.264 e. The van der Waals surface area contributed by atoms with Crippen LogP contribution in [0.1, 0.15) is 22.3 Å². The normalized spacial score (nSPS) is 16.2. The Morgan fingerprint density at radius 2 is 1.82 bits per heavy atom. The predicted molar refractivity (Wildman–Crippen MR) is 142 cm³/mol. The molecule has 0 unspecified atom stereocenters. The minimum atomic E-state index is -0.118. The van der Waals surface area contributed by atoms with Crippen molar-refractivity contribution in [1.29, 1.82) is 0 Å². The van der Waals surface area contributed by atoms with Gasteiger partial charge in [0.05, 0.1) is 10.6 Å². The van der Waals surface area contributed by atoms with Gasteiger partial charge in [0.15, 0.2) is 5.17 Å². The number of amidine groups is 1. The summed E-state index contributed by atoms with van der Waals surface area (Å²) in [6.45, 7) is 4.90. The summed E-state index contributed by atoms with van der Waals surface area (Å²) >= 11 is 4.87. The third-order valence-corrected chi connectivity index (χ3v) is 7.18. The summed E-state index contributed by atoms with van der Waals surface area (Å²) in [5, 5.41) is 4.63. The summed E-state index contributed by atoms with van der Waals surface area (Å²) < 4.78 is 3.30. The molecule has 4 aromatic rings. The molecule has 6 heteroatoms. The van der Waals surface area contributed by atoms with Crippen LogP contribution in [0.25, 0.3) is 17.0 Å². The summed E-state index contributed by atoms with van der Waals surface area (Å²) in [6.07, 6.45) is 4.08. The first-order valence-electron chi connectivity index (χ1n) is 10.7. The number of aliphatic imine (C=N–C) groups is 1. The Bertz CT molecular complexity index is 1430. The van der Waals surface area contributed by atoms with Gasteiger partial charge < -0.3 is 9.88 Å². The molecule has 33 heavy (non-hydrogen) atoms. The Morgan fingerprint density at radius 3 is 2.61 bits per heavy atom. The number of benzene rings is 3. The molecule has 164 valence electrons. The van der Waals surface area contributed by atoms with Gasteiger partial charge in [-0.1, -0.05) is 52.3 Å². The molecule has 0 atom stereocenters. The highest BCUT2D eigenvalue weighted by Crippen LogP contribution is 2.31. The van der Waals surface area contributed by atoms with Crippen molar-refractivity contribution in [2.75, 3.05) is 0 Å². The number of nitrogens with zero attached hydrogens (tertiary/aromatic N) is 2. The van der Waals surface area contributed by atoms with Crippen LogP contribution in [0.5, 0.6) is 0 Å². The number of halogens is 1. The summed E-state index contributed by atoms with van der Waals surface area (Å²) in [6, 6.07) is 22.7. The van der Waals surface area contributed by atoms with Crippen LogP contribution >= 0.6 is 27.7 Å². The maximum absolute atomic E-state index is 12.7. The van der Waals surface area contributed by atoms with E-state index in [1.807, 2.05) is 36.4 Å². The van der Waals surface area contributed by atoms with Gasteiger partial charge in [0.25, 0.3) is 5.91 Å². The fourth-order valence-electron chi connectivity index (χ4n) is 3.84. The van der Waals surface area contributed by atoms with E-state index >= 15 is 0 Å². The molecule has 5 rings (SSSR count). The van der Waals surface area contributed by atoms with Gasteiger partial charge in [0.1, 0.15) is 0 Å². The van der Waals surface area contributed by atoms with Gasteiger partial charge in [0, 0.05) is 33.7 Å². The van der Waals surface area contributed by atoms with E-state index in [0.717, 1.165) is 33.2 Å². The molecule has 0 bridgehead atoms. The fraction of sp³-hybridized carbons (Fsp3) is 0.111. The summed E-state index contributed by atoms with van der Waals surface area (Å²) in [5.74, 6) is -0.118. The number of fused-ring (bicyclic) bond motifs is 1. The van der Waals surface area contributed by atoms with Crippen LogP contribution in [0.4, 0.5) is 5.69 Å². The van der Waals surface area contributed by atoms with E-state index in [1.165, 1.54) is 28.5 Å². The molecule has 0 spiro atoms. The van der Waals surface area contributed by atoms with Crippen molar-refractivity contribution in [3.05, 3.63) is 105 Å². The zero-order valence-electron chi connectivity index (χ0n) is 18.3. The van der Waals surface area contributed by atoms with Crippen LogP contribution in [0.2, 0.25) is 0 Å². The van der Waals surface area contributed by atoms with E-state index < -0.39 is 0 Å². The quantitative estimate of drug-likeness (QED) is 0.298. The molecule has 1 fully saturated rings. The van der Waals surface area contributed by atoms with Gasteiger partial charge in [-0.3, -0.25) is 4.79 Å². The smallest absolute Gasteiger partial charge is 0.264 e. The van der Waals surface area contributed by atoms with Crippen molar-refractivity contribution in [2.45, 2.75) is 20.4 Å². The van der Waals surface area contributed by atoms with Crippen molar-refractivity contribution in [3.8, 4) is 0 Å². The standard InChI is InChI=1S/C27H22BrN3OS/c1-17-7-12-22(13-18(17)2)29-27-30-26(32)25(33-27)14-20-16-31(24-6-4-3-5-23(20)24)15-19-8-10-21(28)11-9-19/h3-14,16H,15H2,1-2H3,(H,29,30,32)/b25-14+. The van der Waals surface area contributed by atoms with Crippen molar-refractivity contribution in [1.82, 2.24) is 9.88 Å². The third-order valence-electron chi connectivity index (χ3n) is 5.74. The zero-order valence-corrected chi connectivity index (χ0v) is 20.7. The minimum Gasteiger partial charge on any atom is -0.342 e. The number of rotatable bonds is 4. The summed E-state index contributed by atoms with van der Waals surface area (Å²) in [7, 11) is 0. The minimum absolute atomic E-state index is 0.118. The number of thioether (sulfide) groups is 1. The highest BCUT2D eigenvalue weighted by Gasteiger charge is 2.24. The lowest BCUT2D eigenvalue weighted by atomic mass is 10.1. The predicted octanol–water partition coefficient (Wildman–Crippen LogP) is 6.96. The molecule has 1 amide bonds. The first-order valence-corrected chi connectivity index (χ1v) is 12.3. The Hall–Kier alpha value is -3.09. The molecule has 1 saturated heterocycles. The molecule has 1 N–H and O–H groups in total. The second kappa shape index (κ2) is 9.04. The van der Waals surface area contributed by atoms with Gasteiger partial charge in [0.2, 0.25) is 0 Å². The Kier molecular flexibility index (Phi) is 5.96. The molecular weight excluding hydrogens is 494 g/mol. The molecule has 0 aliphatic carbocycles. The molecule has 0 radical (unpaired) electrons. The van der Waals surface area contributed by atoms with Crippen molar-refractivity contribution in [2.24, 2.45) is 4.99 Å². The molecule has 0 saturated carbocycles. The molecule has 1 aliphatic heterocycles. The summed E-state index contributed by atoms with van der Waals surface area (Å²) in [5.41, 5.74) is 6.62. The van der Waals surface area contributed by atoms with Gasteiger partial charge >= 0.3 is 0 Å². The van der Waals surface area contributed by atoms with Crippen molar-refractivity contribution in [3.63, 3.8) is 0 Å². The van der Waals surface area contributed by atoms with Crippen LogP contribution in [-0.2, 0) is 11.3 Å². The lowest BCUT2D eigenvalue weighted by Gasteiger charge is -2.05. The number of hydrogen-bond acceptors (Lipinski definition) is 3. The highest BCUT2D eigenvalue weighted by molar-refractivity contribution is 9.10. The van der Waals surface area contributed by atoms with E-state index in [-0.39, 0.29) is 5.91 Å². The molecule has 1 aliphatic rings. The molecular formula is C27H22BrN3OS. The SMILES string of the molecule is Cc1ccc(N=C2NC(=O)/C(=C\c3cn(Cc4ccc(Br)cc4)c4ccccc34)S2)cc1C. The number of para-hydroxylation sites is 1. The van der Waals surface area contributed by atoms with Crippen LogP contribution in [0.15, 0.2) is 87.3 Å². The highest BCUT2D eigenvalue weighted by atomic mass is 79.9. The largest absolute Gasteiger partial charge is 0.342 e. The lowest BCUT2D eigenvalue weighted by molar-refractivity contribution is -0.115. The second-order valence-corrected chi connectivity index (χ2v) is 10.1. The fourth-order valence-corrected chi connectivity index (χ4v) is 4.94. The first-order chi connectivity index (χ1) is 16.0. The summed E-state index contributed by atoms with van der Waals surface area (Å²) in [4.78, 5) is 17.9. The van der Waals surface area contributed by atoms with E-state index in [0.29, 0.717) is 10.1 Å².